The maximum Gasteiger partial charge on any atom is 0.290 e. The number of nitrogens with zero attached hydrogens (tertiary/aromatic N) is 3. The lowest BCUT2D eigenvalue weighted by atomic mass is 10.2. The first kappa shape index (κ1) is 13.4. The molecule has 0 spiro atoms. The van der Waals surface area contributed by atoms with E-state index in [4.69, 9.17) is 4.74 Å². The summed E-state index contributed by atoms with van der Waals surface area (Å²) in [6.07, 6.45) is 1.26. The van der Waals surface area contributed by atoms with Gasteiger partial charge in [-0.05, 0) is 25.1 Å². The van der Waals surface area contributed by atoms with Crippen LogP contribution in [0.2, 0.25) is 0 Å². The highest BCUT2D eigenvalue weighted by molar-refractivity contribution is 7.20. The summed E-state index contributed by atoms with van der Waals surface area (Å²) < 4.78 is 6.66. The lowest BCUT2D eigenvalue weighted by Gasteiger charge is -2.03. The van der Waals surface area contributed by atoms with Crippen molar-refractivity contribution < 1.29 is 9.66 Å². The Morgan fingerprint density at radius 3 is 2.90 bits per heavy atom. The number of hydrogen-bond acceptors (Lipinski definition) is 6. The van der Waals surface area contributed by atoms with Crippen LogP contribution in [-0.4, -0.2) is 14.9 Å². The van der Waals surface area contributed by atoms with Crippen molar-refractivity contribution in [2.24, 2.45) is 0 Å². The van der Waals surface area contributed by atoms with Gasteiger partial charge in [0.25, 0.3) is 10.9 Å². The Labute approximate surface area is 124 Å². The van der Waals surface area contributed by atoms with E-state index in [0.29, 0.717) is 16.5 Å². The van der Waals surface area contributed by atoms with E-state index in [0.717, 1.165) is 10.2 Å². The Morgan fingerprint density at radius 1 is 1.38 bits per heavy atom. The van der Waals surface area contributed by atoms with E-state index in [9.17, 15) is 10.1 Å². The summed E-state index contributed by atoms with van der Waals surface area (Å²) >= 11 is 1.46. The zero-order valence-corrected chi connectivity index (χ0v) is 12.0. The molecule has 3 rings (SSSR count). The normalized spacial score (nSPS) is 10.7. The fraction of sp³-hybridized carbons (Fsp3) is 0.143. The Kier molecular flexibility index (Phi) is 3.49. The van der Waals surface area contributed by atoms with Gasteiger partial charge >= 0.3 is 0 Å². The summed E-state index contributed by atoms with van der Waals surface area (Å²) in [4.78, 5) is 18.7. The second kappa shape index (κ2) is 5.45. The van der Waals surface area contributed by atoms with Crippen molar-refractivity contribution in [3.63, 3.8) is 0 Å². The summed E-state index contributed by atoms with van der Waals surface area (Å²) in [5.41, 5.74) is 2.11. The molecule has 0 unspecified atom stereocenters. The predicted molar refractivity (Wildman–Crippen MR) is 79.6 cm³/mol. The highest BCUT2D eigenvalue weighted by Gasteiger charge is 2.12. The topological polar surface area (TPSA) is 78.2 Å². The van der Waals surface area contributed by atoms with Gasteiger partial charge in [-0.1, -0.05) is 23.5 Å². The third kappa shape index (κ3) is 2.82. The number of hydrogen-bond donors (Lipinski definition) is 0. The van der Waals surface area contributed by atoms with E-state index in [2.05, 4.69) is 9.97 Å². The average Bonchev–Trinajstić information content (AvgIpc) is 2.87. The number of rotatable bonds is 4. The van der Waals surface area contributed by atoms with Gasteiger partial charge in [0, 0.05) is 5.56 Å². The summed E-state index contributed by atoms with van der Waals surface area (Å²) in [5, 5.41) is 11.3. The molecule has 3 aromatic rings. The second-order valence-electron chi connectivity index (χ2n) is 4.46. The molecular weight excluding hydrogens is 290 g/mol. The molecule has 7 heteroatoms. The van der Waals surface area contributed by atoms with Crippen molar-refractivity contribution in [1.82, 2.24) is 9.97 Å². The maximum absolute atomic E-state index is 10.7. The molecule has 0 saturated heterocycles. The molecule has 1 aromatic carbocycles. The zero-order chi connectivity index (χ0) is 14.8. The molecule has 0 amide bonds. The minimum atomic E-state index is -0.444. The largest absolute Gasteiger partial charge is 0.463 e. The quantitative estimate of drug-likeness (QED) is 0.544. The van der Waals surface area contributed by atoms with Gasteiger partial charge in [-0.25, -0.2) is 4.98 Å². The van der Waals surface area contributed by atoms with Crippen LogP contribution in [0.15, 0.2) is 36.5 Å². The third-order valence-electron chi connectivity index (χ3n) is 2.95. The summed E-state index contributed by atoms with van der Waals surface area (Å²) in [6.45, 7) is 1.92. The van der Waals surface area contributed by atoms with Gasteiger partial charge in [0.2, 0.25) is 0 Å². The molecule has 0 saturated carbocycles. The molecule has 0 aliphatic heterocycles. The molecule has 0 atom stereocenters. The molecule has 0 aliphatic carbocycles. The zero-order valence-electron chi connectivity index (χ0n) is 11.1. The molecule has 0 aliphatic rings. The lowest BCUT2D eigenvalue weighted by Crippen LogP contribution is -2.00. The molecule has 106 valence electrons. The number of fused-ring (bicyclic) bond motifs is 1. The summed E-state index contributed by atoms with van der Waals surface area (Å²) in [7, 11) is 0. The Morgan fingerprint density at radius 2 is 2.19 bits per heavy atom. The monoisotopic (exact) mass is 301 g/mol. The number of nitro groups is 1. The molecule has 2 aromatic heterocycles. The fourth-order valence-corrected chi connectivity index (χ4v) is 2.74. The number of aryl methyl sites for hydroxylation is 1. The molecule has 0 N–H and O–H groups in total. The van der Waals surface area contributed by atoms with Gasteiger partial charge in [-0.15, -0.1) is 0 Å². The summed E-state index contributed by atoms with van der Waals surface area (Å²) in [6, 6.07) is 9.44. The predicted octanol–water partition coefficient (Wildman–Crippen LogP) is 3.49. The van der Waals surface area contributed by atoms with Crippen LogP contribution in [0.3, 0.4) is 0 Å². The standard InChI is InChI=1S/C14H11N3O3S/c1-9-6-10(15-7-12(9)17(18)19)8-20-14-16-11-4-2-3-5-13(11)21-14/h2-7H,8H2,1H3. The Balaban J connectivity index is 1.75. The van der Waals surface area contributed by atoms with Gasteiger partial charge in [-0.3, -0.25) is 15.1 Å². The smallest absolute Gasteiger partial charge is 0.290 e. The van der Waals surface area contributed by atoms with Gasteiger partial charge in [0.1, 0.15) is 12.8 Å². The number of para-hydroxylation sites is 1. The van der Waals surface area contributed by atoms with Crippen molar-refractivity contribution in [2.45, 2.75) is 13.5 Å². The van der Waals surface area contributed by atoms with E-state index in [1.807, 2.05) is 24.3 Å². The minimum Gasteiger partial charge on any atom is -0.463 e. The second-order valence-corrected chi connectivity index (χ2v) is 5.45. The van der Waals surface area contributed by atoms with E-state index < -0.39 is 4.92 Å². The fourth-order valence-electron chi connectivity index (χ4n) is 1.93. The summed E-state index contributed by atoms with van der Waals surface area (Å²) in [5.74, 6) is 0. The van der Waals surface area contributed by atoms with Crippen molar-refractivity contribution >= 4 is 27.2 Å². The minimum absolute atomic E-state index is 0.0127. The molecular formula is C14H11N3O3S. The van der Waals surface area contributed by atoms with Crippen LogP contribution in [0.25, 0.3) is 10.2 Å². The van der Waals surface area contributed by atoms with Crippen molar-refractivity contribution in [3.8, 4) is 5.19 Å². The van der Waals surface area contributed by atoms with Crippen LogP contribution in [-0.2, 0) is 6.61 Å². The Hall–Kier alpha value is -2.54. The average molecular weight is 301 g/mol. The first-order valence-electron chi connectivity index (χ1n) is 6.22. The molecule has 6 nitrogen and oxygen atoms in total. The number of benzene rings is 1. The maximum atomic E-state index is 10.7. The SMILES string of the molecule is Cc1cc(COc2nc3ccccc3s2)ncc1[N+](=O)[O-]. The van der Waals surface area contributed by atoms with Gasteiger partial charge in [0.05, 0.1) is 20.8 Å². The van der Waals surface area contributed by atoms with Crippen molar-refractivity contribution in [3.05, 3.63) is 57.9 Å². The molecule has 0 radical (unpaired) electrons. The molecule has 2 heterocycles. The van der Waals surface area contributed by atoms with Crippen LogP contribution in [0.1, 0.15) is 11.3 Å². The lowest BCUT2D eigenvalue weighted by molar-refractivity contribution is -0.385. The van der Waals surface area contributed by atoms with Crippen molar-refractivity contribution in [2.75, 3.05) is 0 Å². The first-order chi connectivity index (χ1) is 10.1. The first-order valence-corrected chi connectivity index (χ1v) is 7.03. The number of ether oxygens (including phenoxy) is 1. The van der Waals surface area contributed by atoms with E-state index in [1.165, 1.54) is 17.5 Å². The molecule has 21 heavy (non-hydrogen) atoms. The van der Waals surface area contributed by atoms with Gasteiger partial charge in [0.15, 0.2) is 0 Å². The van der Waals surface area contributed by atoms with Crippen LogP contribution in [0.4, 0.5) is 5.69 Å². The highest BCUT2D eigenvalue weighted by atomic mass is 32.1. The van der Waals surface area contributed by atoms with Crippen LogP contribution in [0, 0.1) is 17.0 Å². The third-order valence-corrected chi connectivity index (χ3v) is 3.90. The van der Waals surface area contributed by atoms with E-state index in [-0.39, 0.29) is 12.3 Å². The van der Waals surface area contributed by atoms with Gasteiger partial charge in [-0.2, -0.15) is 0 Å². The van der Waals surface area contributed by atoms with Crippen LogP contribution < -0.4 is 4.74 Å². The van der Waals surface area contributed by atoms with E-state index in [1.54, 1.807) is 13.0 Å². The van der Waals surface area contributed by atoms with Crippen LogP contribution in [0.5, 0.6) is 5.19 Å². The molecule has 0 bridgehead atoms. The number of thiazole rings is 1. The highest BCUT2D eigenvalue weighted by Crippen LogP contribution is 2.28. The van der Waals surface area contributed by atoms with E-state index >= 15 is 0 Å². The molecule has 0 fully saturated rings. The number of pyridine rings is 1. The van der Waals surface area contributed by atoms with Gasteiger partial charge < -0.3 is 4.74 Å². The Bertz CT molecular complexity index is 783. The number of aromatic nitrogens is 2. The van der Waals surface area contributed by atoms with Crippen LogP contribution >= 0.6 is 11.3 Å². The van der Waals surface area contributed by atoms with Crippen molar-refractivity contribution in [1.29, 1.82) is 0 Å².